The summed E-state index contributed by atoms with van der Waals surface area (Å²) < 4.78 is 5.22. The Morgan fingerprint density at radius 2 is 1.72 bits per heavy atom. The molecule has 25 heavy (non-hydrogen) atoms. The average Bonchev–Trinajstić information content (AvgIpc) is 2.58. The number of rotatable bonds is 7. The number of benzene rings is 2. The van der Waals surface area contributed by atoms with Crippen LogP contribution in [0, 0.1) is 6.92 Å². The highest BCUT2D eigenvalue weighted by Gasteiger charge is 2.11. The van der Waals surface area contributed by atoms with Crippen LogP contribution in [-0.4, -0.2) is 30.4 Å². The Morgan fingerprint density at radius 3 is 2.36 bits per heavy atom. The third-order valence-corrected chi connectivity index (χ3v) is 4.62. The maximum atomic E-state index is 12.1. The summed E-state index contributed by atoms with van der Waals surface area (Å²) in [6.07, 6.45) is 0. The predicted molar refractivity (Wildman–Crippen MR) is 104 cm³/mol. The van der Waals surface area contributed by atoms with E-state index in [0.29, 0.717) is 16.5 Å². The van der Waals surface area contributed by atoms with E-state index in [1.165, 1.54) is 18.9 Å². The maximum Gasteiger partial charge on any atom is 0.234 e. The van der Waals surface area contributed by atoms with E-state index in [-0.39, 0.29) is 23.3 Å². The molecular formula is C18H19ClN2O3S. The molecule has 2 N–H and O–H groups in total. The Hall–Kier alpha value is -2.18. The number of hydrogen-bond donors (Lipinski definition) is 2. The number of para-hydroxylation sites is 1. The molecule has 0 fully saturated rings. The first kappa shape index (κ1) is 19.1. The van der Waals surface area contributed by atoms with Crippen LogP contribution in [0.4, 0.5) is 11.4 Å². The summed E-state index contributed by atoms with van der Waals surface area (Å²) in [5, 5.41) is 6.12. The van der Waals surface area contributed by atoms with Crippen LogP contribution < -0.4 is 15.4 Å². The smallest absolute Gasteiger partial charge is 0.234 e. The Morgan fingerprint density at radius 1 is 1.08 bits per heavy atom. The molecule has 7 heteroatoms. The van der Waals surface area contributed by atoms with Crippen LogP contribution in [0.25, 0.3) is 0 Å². The minimum atomic E-state index is -0.211. The summed E-state index contributed by atoms with van der Waals surface area (Å²) in [6.45, 7) is 1.85. The van der Waals surface area contributed by atoms with Gasteiger partial charge in [-0.3, -0.25) is 9.59 Å². The van der Waals surface area contributed by atoms with Gasteiger partial charge in [-0.25, -0.2) is 0 Å². The lowest BCUT2D eigenvalue weighted by Gasteiger charge is -2.12. The number of ether oxygens (including phenoxy) is 1. The molecule has 5 nitrogen and oxygen atoms in total. The number of carbonyl (C=O) groups is 2. The summed E-state index contributed by atoms with van der Waals surface area (Å²) in [5.74, 6) is 0.490. The molecular weight excluding hydrogens is 360 g/mol. The molecule has 0 unspecified atom stereocenters. The minimum Gasteiger partial charge on any atom is -0.495 e. The van der Waals surface area contributed by atoms with Crippen LogP contribution in [0.2, 0.25) is 5.02 Å². The van der Waals surface area contributed by atoms with Crippen molar-refractivity contribution >= 4 is 46.6 Å². The van der Waals surface area contributed by atoms with Gasteiger partial charge in [-0.05, 0) is 30.7 Å². The van der Waals surface area contributed by atoms with Crippen molar-refractivity contribution in [2.45, 2.75) is 6.92 Å². The van der Waals surface area contributed by atoms with Crippen LogP contribution in [0.5, 0.6) is 5.75 Å². The van der Waals surface area contributed by atoms with Gasteiger partial charge < -0.3 is 15.4 Å². The highest BCUT2D eigenvalue weighted by Crippen LogP contribution is 2.31. The van der Waals surface area contributed by atoms with Gasteiger partial charge in [0.15, 0.2) is 0 Å². The van der Waals surface area contributed by atoms with Crippen LogP contribution >= 0.6 is 23.4 Å². The van der Waals surface area contributed by atoms with E-state index in [1.807, 2.05) is 37.3 Å². The van der Waals surface area contributed by atoms with Crippen molar-refractivity contribution in [3.63, 3.8) is 0 Å². The molecule has 0 heterocycles. The normalized spacial score (nSPS) is 10.2. The Kier molecular flexibility index (Phi) is 7.16. The van der Waals surface area contributed by atoms with Crippen LogP contribution in [-0.2, 0) is 9.59 Å². The van der Waals surface area contributed by atoms with Crippen molar-refractivity contribution in [3.05, 3.63) is 53.1 Å². The molecule has 2 aromatic rings. The second kappa shape index (κ2) is 9.34. The molecule has 2 rings (SSSR count). The number of halogens is 1. The van der Waals surface area contributed by atoms with Gasteiger partial charge >= 0.3 is 0 Å². The maximum absolute atomic E-state index is 12.1. The number of methoxy groups -OCH3 is 1. The van der Waals surface area contributed by atoms with Gasteiger partial charge in [0.05, 0.1) is 24.3 Å². The first-order chi connectivity index (χ1) is 12.0. The van der Waals surface area contributed by atoms with Gasteiger partial charge in [0.2, 0.25) is 11.8 Å². The van der Waals surface area contributed by atoms with E-state index in [0.717, 1.165) is 11.3 Å². The molecule has 132 valence electrons. The van der Waals surface area contributed by atoms with E-state index in [2.05, 4.69) is 10.6 Å². The van der Waals surface area contributed by atoms with E-state index >= 15 is 0 Å². The number of aryl methyl sites for hydroxylation is 1. The molecule has 0 aromatic heterocycles. The third-order valence-electron chi connectivity index (χ3n) is 3.28. The topological polar surface area (TPSA) is 67.4 Å². The summed E-state index contributed by atoms with van der Waals surface area (Å²) >= 11 is 7.28. The molecule has 0 saturated heterocycles. The van der Waals surface area contributed by atoms with E-state index in [1.54, 1.807) is 12.1 Å². The van der Waals surface area contributed by atoms with Crippen molar-refractivity contribution in [2.75, 3.05) is 29.2 Å². The molecule has 0 spiro atoms. The number of thioether (sulfide) groups is 1. The standard InChI is InChI=1S/C18H19ClN2O3S/c1-12-8-15(16(24-2)9-14(12)19)21-18(23)11-25-10-17(22)20-13-6-4-3-5-7-13/h3-9H,10-11H2,1-2H3,(H,20,22)(H,21,23). The quantitative estimate of drug-likeness (QED) is 0.765. The molecule has 0 radical (unpaired) electrons. The van der Waals surface area contributed by atoms with Crippen LogP contribution in [0.1, 0.15) is 5.56 Å². The zero-order chi connectivity index (χ0) is 18.2. The molecule has 2 amide bonds. The molecule has 0 aliphatic carbocycles. The first-order valence-electron chi connectivity index (χ1n) is 7.56. The molecule has 0 aliphatic heterocycles. The SMILES string of the molecule is COc1cc(Cl)c(C)cc1NC(=O)CSCC(=O)Nc1ccccc1. The van der Waals surface area contributed by atoms with Crippen molar-refractivity contribution < 1.29 is 14.3 Å². The average molecular weight is 379 g/mol. The highest BCUT2D eigenvalue weighted by molar-refractivity contribution is 8.00. The van der Waals surface area contributed by atoms with Gasteiger partial charge in [-0.15, -0.1) is 11.8 Å². The summed E-state index contributed by atoms with van der Waals surface area (Å²) in [7, 11) is 1.51. The van der Waals surface area contributed by atoms with Gasteiger partial charge in [0.25, 0.3) is 0 Å². The lowest BCUT2D eigenvalue weighted by atomic mass is 10.2. The number of anilines is 2. The fourth-order valence-corrected chi connectivity index (χ4v) is 2.84. The molecule has 0 saturated carbocycles. The highest BCUT2D eigenvalue weighted by atomic mass is 35.5. The van der Waals surface area contributed by atoms with Crippen molar-refractivity contribution in [2.24, 2.45) is 0 Å². The van der Waals surface area contributed by atoms with Gasteiger partial charge in [0.1, 0.15) is 5.75 Å². The Labute approximate surface area is 156 Å². The van der Waals surface area contributed by atoms with Crippen molar-refractivity contribution in [1.29, 1.82) is 0 Å². The summed E-state index contributed by atoms with van der Waals surface area (Å²) in [6, 6.07) is 12.6. The van der Waals surface area contributed by atoms with Crippen molar-refractivity contribution in [3.8, 4) is 5.75 Å². The van der Waals surface area contributed by atoms with Crippen molar-refractivity contribution in [1.82, 2.24) is 0 Å². The fraction of sp³-hybridized carbons (Fsp3) is 0.222. The zero-order valence-electron chi connectivity index (χ0n) is 14.0. The van der Waals surface area contributed by atoms with Crippen LogP contribution in [0.3, 0.4) is 0 Å². The Bertz CT molecular complexity index is 753. The van der Waals surface area contributed by atoms with Gasteiger partial charge in [0, 0.05) is 16.8 Å². The first-order valence-corrected chi connectivity index (χ1v) is 9.09. The summed E-state index contributed by atoms with van der Waals surface area (Å²) in [4.78, 5) is 23.9. The van der Waals surface area contributed by atoms with Crippen LogP contribution in [0.15, 0.2) is 42.5 Å². The number of nitrogens with one attached hydrogen (secondary N) is 2. The Balaban J connectivity index is 1.81. The largest absolute Gasteiger partial charge is 0.495 e. The number of carbonyl (C=O) groups excluding carboxylic acids is 2. The number of amides is 2. The molecule has 2 aromatic carbocycles. The number of hydrogen-bond acceptors (Lipinski definition) is 4. The van der Waals surface area contributed by atoms with E-state index < -0.39 is 0 Å². The second-order valence-electron chi connectivity index (χ2n) is 5.26. The molecule has 0 atom stereocenters. The van der Waals surface area contributed by atoms with E-state index in [4.69, 9.17) is 16.3 Å². The lowest BCUT2D eigenvalue weighted by Crippen LogP contribution is -2.18. The summed E-state index contributed by atoms with van der Waals surface area (Å²) in [5.41, 5.74) is 2.13. The minimum absolute atomic E-state index is 0.149. The zero-order valence-corrected chi connectivity index (χ0v) is 15.5. The fourth-order valence-electron chi connectivity index (χ4n) is 2.07. The monoisotopic (exact) mass is 378 g/mol. The van der Waals surface area contributed by atoms with E-state index in [9.17, 15) is 9.59 Å². The predicted octanol–water partition coefficient (Wildman–Crippen LogP) is 3.97. The lowest BCUT2D eigenvalue weighted by molar-refractivity contribution is -0.114. The van der Waals surface area contributed by atoms with Gasteiger partial charge in [-0.2, -0.15) is 0 Å². The molecule has 0 bridgehead atoms. The second-order valence-corrected chi connectivity index (χ2v) is 6.65. The third kappa shape index (κ3) is 5.99. The van der Waals surface area contributed by atoms with Gasteiger partial charge in [-0.1, -0.05) is 29.8 Å². The molecule has 0 aliphatic rings.